The van der Waals surface area contributed by atoms with Gasteiger partial charge < -0.3 is 5.32 Å². The Balaban J connectivity index is 1.81. The van der Waals surface area contributed by atoms with Crippen LogP contribution in [0.25, 0.3) is 0 Å². The Hall–Kier alpha value is -3.61. The van der Waals surface area contributed by atoms with Gasteiger partial charge in [0.2, 0.25) is 5.91 Å². The highest BCUT2D eigenvalue weighted by Crippen LogP contribution is 2.48. The molecule has 7 nitrogen and oxygen atoms in total. The van der Waals surface area contributed by atoms with E-state index in [0.29, 0.717) is 35.4 Å². The van der Waals surface area contributed by atoms with Gasteiger partial charge in [-0.2, -0.15) is 0 Å². The van der Waals surface area contributed by atoms with E-state index in [1.165, 1.54) is 12.1 Å². The van der Waals surface area contributed by atoms with Crippen LogP contribution in [0.15, 0.2) is 64.8 Å². The number of amides is 1. The van der Waals surface area contributed by atoms with E-state index in [-0.39, 0.29) is 22.8 Å². The van der Waals surface area contributed by atoms with E-state index >= 15 is 0 Å². The van der Waals surface area contributed by atoms with Crippen LogP contribution in [0.3, 0.4) is 0 Å². The molecule has 0 aromatic heterocycles. The fraction of sp³-hybridized carbons (Fsp3) is 0.346. The number of nitro benzene ring substituents is 1. The van der Waals surface area contributed by atoms with E-state index in [1.807, 2.05) is 52.0 Å². The summed E-state index contributed by atoms with van der Waals surface area (Å²) in [5, 5.41) is 14.2. The Morgan fingerprint density at radius 1 is 1.09 bits per heavy atom. The minimum atomic E-state index is -0.699. The van der Waals surface area contributed by atoms with Crippen LogP contribution in [0.1, 0.15) is 50.7 Å². The standard InChI is InChI=1S/C26H27N3O4/c1-15-7-5-6-8-19(15)28-25(31)22-16(2)27-20-13-26(3,4)14-21(30)24(20)23(22)17-9-11-18(12-10-17)29(32)33/h5-12,22-23H,13-14H2,1-4H3,(H,28,31)/t22?,23-/m1/s1. The van der Waals surface area contributed by atoms with Crippen LogP contribution in [0.2, 0.25) is 0 Å². The maximum Gasteiger partial charge on any atom is 0.269 e. The maximum atomic E-state index is 13.6. The van der Waals surface area contributed by atoms with Gasteiger partial charge in [0.25, 0.3) is 5.69 Å². The lowest BCUT2D eigenvalue weighted by Gasteiger charge is -2.39. The molecular formula is C26H27N3O4. The van der Waals surface area contributed by atoms with Crippen molar-refractivity contribution < 1.29 is 14.5 Å². The maximum absolute atomic E-state index is 13.6. The first-order valence-electron chi connectivity index (χ1n) is 11.0. The lowest BCUT2D eigenvalue weighted by atomic mass is 9.66. The van der Waals surface area contributed by atoms with Crippen LogP contribution in [0.4, 0.5) is 11.4 Å². The zero-order valence-electron chi connectivity index (χ0n) is 19.2. The number of Topliss-reactive ketones (excluding diaryl/α,β-unsaturated/α-hetero) is 1. The number of ketones is 1. The number of non-ortho nitro benzene ring substituents is 1. The van der Waals surface area contributed by atoms with Crippen molar-refractivity contribution >= 4 is 28.8 Å². The summed E-state index contributed by atoms with van der Waals surface area (Å²) in [6.07, 6.45) is 1.01. The predicted molar refractivity (Wildman–Crippen MR) is 127 cm³/mol. The number of hydrogen-bond donors (Lipinski definition) is 1. The molecule has 33 heavy (non-hydrogen) atoms. The molecule has 1 heterocycles. The number of allylic oxidation sites excluding steroid dienone is 2. The molecule has 1 unspecified atom stereocenters. The molecule has 7 heteroatoms. The van der Waals surface area contributed by atoms with Crippen molar-refractivity contribution in [2.24, 2.45) is 16.3 Å². The third-order valence-corrected chi connectivity index (χ3v) is 6.45. The normalized spacial score (nSPS) is 21.8. The third kappa shape index (κ3) is 4.35. The second-order valence-corrected chi connectivity index (χ2v) is 9.66. The van der Waals surface area contributed by atoms with Crippen LogP contribution < -0.4 is 5.32 Å². The van der Waals surface area contributed by atoms with E-state index in [9.17, 15) is 19.7 Å². The Bertz CT molecular complexity index is 1210. The summed E-state index contributed by atoms with van der Waals surface area (Å²) < 4.78 is 0. The van der Waals surface area contributed by atoms with Crippen molar-refractivity contribution in [1.29, 1.82) is 0 Å². The summed E-state index contributed by atoms with van der Waals surface area (Å²) in [5.41, 5.74) is 3.98. The number of anilines is 1. The van der Waals surface area contributed by atoms with Gasteiger partial charge in [0.05, 0.1) is 10.8 Å². The minimum Gasteiger partial charge on any atom is -0.325 e. The molecule has 2 aromatic rings. The first-order valence-corrected chi connectivity index (χ1v) is 11.0. The monoisotopic (exact) mass is 445 g/mol. The van der Waals surface area contributed by atoms with Gasteiger partial charge in [0, 0.05) is 47.1 Å². The number of para-hydroxylation sites is 1. The average molecular weight is 446 g/mol. The predicted octanol–water partition coefficient (Wildman–Crippen LogP) is 5.36. The van der Waals surface area contributed by atoms with Gasteiger partial charge in [-0.3, -0.25) is 24.7 Å². The fourth-order valence-corrected chi connectivity index (χ4v) is 4.87. The lowest BCUT2D eigenvalue weighted by Crippen LogP contribution is -2.41. The summed E-state index contributed by atoms with van der Waals surface area (Å²) in [6, 6.07) is 13.6. The molecule has 0 saturated carbocycles. The third-order valence-electron chi connectivity index (χ3n) is 6.45. The molecule has 1 aliphatic carbocycles. The molecule has 1 N–H and O–H groups in total. The van der Waals surface area contributed by atoms with Gasteiger partial charge in [0.1, 0.15) is 0 Å². The molecule has 2 atom stereocenters. The molecule has 4 rings (SSSR count). The van der Waals surface area contributed by atoms with Gasteiger partial charge in [-0.15, -0.1) is 0 Å². The Morgan fingerprint density at radius 3 is 2.39 bits per heavy atom. The van der Waals surface area contributed by atoms with Crippen LogP contribution in [-0.2, 0) is 9.59 Å². The van der Waals surface area contributed by atoms with Gasteiger partial charge in [-0.05, 0) is 42.9 Å². The number of aryl methyl sites for hydroxylation is 1. The summed E-state index contributed by atoms with van der Waals surface area (Å²) in [5.74, 6) is -1.52. The summed E-state index contributed by atoms with van der Waals surface area (Å²) in [7, 11) is 0. The van der Waals surface area contributed by atoms with E-state index in [0.717, 1.165) is 11.3 Å². The topological polar surface area (TPSA) is 102 Å². The molecule has 0 spiro atoms. The summed E-state index contributed by atoms with van der Waals surface area (Å²) in [6.45, 7) is 7.81. The number of nitrogens with one attached hydrogen (secondary N) is 1. The smallest absolute Gasteiger partial charge is 0.269 e. The SMILES string of the molecule is CC1=NC2=C(C(=O)CC(C)(C)C2)[C@H](c2ccc([N+](=O)[O-])cc2)C1C(=O)Nc1ccccc1C. The van der Waals surface area contributed by atoms with Crippen LogP contribution >= 0.6 is 0 Å². The molecule has 2 aliphatic rings. The van der Waals surface area contributed by atoms with E-state index in [2.05, 4.69) is 5.32 Å². The highest BCUT2D eigenvalue weighted by Gasteiger charge is 2.45. The molecule has 1 aliphatic heterocycles. The lowest BCUT2D eigenvalue weighted by molar-refractivity contribution is -0.384. The molecule has 0 fully saturated rings. The second-order valence-electron chi connectivity index (χ2n) is 9.66. The van der Waals surface area contributed by atoms with Crippen molar-refractivity contribution in [2.45, 2.75) is 46.5 Å². The zero-order valence-corrected chi connectivity index (χ0v) is 19.2. The second kappa shape index (κ2) is 8.39. The van der Waals surface area contributed by atoms with E-state index in [4.69, 9.17) is 4.99 Å². The van der Waals surface area contributed by atoms with Crippen molar-refractivity contribution in [3.63, 3.8) is 0 Å². The van der Waals surface area contributed by atoms with Gasteiger partial charge in [0.15, 0.2) is 5.78 Å². The highest BCUT2D eigenvalue weighted by atomic mass is 16.6. The number of carbonyl (C=O) groups is 2. The molecule has 2 aromatic carbocycles. The average Bonchev–Trinajstić information content (AvgIpc) is 2.73. The van der Waals surface area contributed by atoms with Gasteiger partial charge >= 0.3 is 0 Å². The quantitative estimate of drug-likeness (QED) is 0.505. The van der Waals surface area contributed by atoms with Crippen LogP contribution in [0.5, 0.6) is 0 Å². The molecule has 170 valence electrons. The Labute approximate surface area is 192 Å². The fourth-order valence-electron chi connectivity index (χ4n) is 4.87. The molecular weight excluding hydrogens is 418 g/mol. The molecule has 1 amide bonds. The van der Waals surface area contributed by atoms with Crippen molar-refractivity contribution in [3.8, 4) is 0 Å². The number of nitrogens with zero attached hydrogens (tertiary/aromatic N) is 2. The first-order chi connectivity index (χ1) is 15.6. The molecule has 0 radical (unpaired) electrons. The van der Waals surface area contributed by atoms with Crippen LogP contribution in [-0.4, -0.2) is 22.3 Å². The van der Waals surface area contributed by atoms with Crippen molar-refractivity contribution in [3.05, 3.63) is 81.0 Å². The number of benzene rings is 2. The zero-order chi connectivity index (χ0) is 23.9. The largest absolute Gasteiger partial charge is 0.325 e. The number of nitro groups is 1. The minimum absolute atomic E-state index is 0.0189. The first kappa shape index (κ1) is 22.6. The molecule has 0 bridgehead atoms. The number of aliphatic imine (C=N–C) groups is 1. The number of carbonyl (C=O) groups excluding carboxylic acids is 2. The summed E-state index contributed by atoms with van der Waals surface area (Å²) in [4.78, 5) is 42.3. The van der Waals surface area contributed by atoms with E-state index < -0.39 is 16.8 Å². The van der Waals surface area contributed by atoms with Crippen molar-refractivity contribution in [2.75, 3.05) is 5.32 Å². The summed E-state index contributed by atoms with van der Waals surface area (Å²) >= 11 is 0. The highest BCUT2D eigenvalue weighted by molar-refractivity contribution is 6.13. The Morgan fingerprint density at radius 2 is 1.76 bits per heavy atom. The van der Waals surface area contributed by atoms with E-state index in [1.54, 1.807) is 12.1 Å². The number of hydrogen-bond acceptors (Lipinski definition) is 5. The molecule has 0 saturated heterocycles. The number of rotatable bonds is 4. The van der Waals surface area contributed by atoms with Gasteiger partial charge in [-0.1, -0.05) is 44.2 Å². The van der Waals surface area contributed by atoms with Gasteiger partial charge in [-0.25, -0.2) is 0 Å². The van der Waals surface area contributed by atoms with Crippen LogP contribution in [0, 0.1) is 28.4 Å². The Kier molecular flexibility index (Phi) is 5.74. The van der Waals surface area contributed by atoms with Crippen molar-refractivity contribution in [1.82, 2.24) is 0 Å².